The summed E-state index contributed by atoms with van der Waals surface area (Å²) < 4.78 is 1.85. The van der Waals surface area contributed by atoms with Crippen LogP contribution in [-0.2, 0) is 17.9 Å². The first-order valence-electron chi connectivity index (χ1n) is 9.62. The number of aryl methyl sites for hydroxylation is 1. The van der Waals surface area contributed by atoms with Gasteiger partial charge in [-0.25, -0.2) is 0 Å². The van der Waals surface area contributed by atoms with Crippen LogP contribution >= 0.6 is 46.6 Å². The number of carbonyl (C=O) groups excluding carboxylic acids is 2. The van der Waals surface area contributed by atoms with E-state index in [2.05, 4.69) is 20.8 Å². The minimum absolute atomic E-state index is 0.163. The number of thioether (sulfide) groups is 1. The molecule has 32 heavy (non-hydrogen) atoms. The third kappa shape index (κ3) is 6.16. The van der Waals surface area contributed by atoms with Crippen molar-refractivity contribution in [3.8, 4) is 0 Å². The van der Waals surface area contributed by atoms with Gasteiger partial charge in [-0.1, -0.05) is 46.6 Å². The van der Waals surface area contributed by atoms with Crippen LogP contribution in [0.5, 0.6) is 0 Å². The van der Waals surface area contributed by atoms with Gasteiger partial charge in [0.25, 0.3) is 5.91 Å². The van der Waals surface area contributed by atoms with E-state index in [0.29, 0.717) is 43.8 Å². The highest BCUT2D eigenvalue weighted by Gasteiger charge is 2.15. The summed E-state index contributed by atoms with van der Waals surface area (Å²) in [6, 6.07) is 9.95. The summed E-state index contributed by atoms with van der Waals surface area (Å²) in [5.74, 6) is 0.273. The maximum absolute atomic E-state index is 12.4. The summed E-state index contributed by atoms with van der Waals surface area (Å²) in [5.41, 5.74) is 1.99. The maximum Gasteiger partial charge on any atom is 0.251 e. The van der Waals surface area contributed by atoms with Crippen molar-refractivity contribution in [2.75, 3.05) is 11.1 Å². The molecule has 0 bridgehead atoms. The number of rotatable bonds is 8. The Bertz CT molecular complexity index is 1150. The molecule has 168 valence electrons. The largest absolute Gasteiger partial charge is 0.345 e. The first-order valence-corrected chi connectivity index (χ1v) is 11.7. The van der Waals surface area contributed by atoms with Gasteiger partial charge in [0.05, 0.1) is 22.3 Å². The van der Waals surface area contributed by atoms with Crippen LogP contribution in [0.25, 0.3) is 0 Å². The van der Waals surface area contributed by atoms with Crippen molar-refractivity contribution in [3.63, 3.8) is 0 Å². The molecule has 3 rings (SSSR count). The van der Waals surface area contributed by atoms with Crippen molar-refractivity contribution in [1.29, 1.82) is 0 Å². The van der Waals surface area contributed by atoms with Gasteiger partial charge in [-0.05, 0) is 55.8 Å². The Labute approximate surface area is 204 Å². The number of anilines is 1. The second-order valence-electron chi connectivity index (χ2n) is 6.75. The summed E-state index contributed by atoms with van der Waals surface area (Å²) in [6.45, 7) is 4.58. The van der Waals surface area contributed by atoms with Crippen LogP contribution in [0.3, 0.4) is 0 Å². The van der Waals surface area contributed by atoms with Gasteiger partial charge in [-0.15, -0.1) is 10.2 Å². The first-order chi connectivity index (χ1) is 15.3. The molecule has 0 aliphatic heterocycles. The van der Waals surface area contributed by atoms with Crippen molar-refractivity contribution in [1.82, 2.24) is 20.1 Å². The standard InChI is InChI=1S/C21H20Cl3N5O2S/c1-3-29-18(10-25-20(31)13-4-6-15(23)16(24)9-13)27-28-21(29)32-11-19(30)26-17-7-5-14(22)8-12(17)2/h4-9H,3,10-11H2,1-2H3,(H,25,31)(H,26,30). The average molecular weight is 513 g/mol. The Hall–Kier alpha value is -2.26. The lowest BCUT2D eigenvalue weighted by Crippen LogP contribution is -2.24. The predicted molar refractivity (Wildman–Crippen MR) is 129 cm³/mol. The lowest BCUT2D eigenvalue weighted by atomic mass is 10.2. The zero-order valence-corrected chi connectivity index (χ0v) is 20.4. The Balaban J connectivity index is 1.58. The van der Waals surface area contributed by atoms with Crippen LogP contribution in [0, 0.1) is 6.92 Å². The zero-order valence-electron chi connectivity index (χ0n) is 17.3. The zero-order chi connectivity index (χ0) is 23.3. The van der Waals surface area contributed by atoms with E-state index in [-0.39, 0.29) is 24.1 Å². The summed E-state index contributed by atoms with van der Waals surface area (Å²) in [6.07, 6.45) is 0. The minimum Gasteiger partial charge on any atom is -0.345 e. The van der Waals surface area contributed by atoms with E-state index in [1.54, 1.807) is 30.3 Å². The van der Waals surface area contributed by atoms with Crippen molar-refractivity contribution < 1.29 is 9.59 Å². The molecule has 0 radical (unpaired) electrons. The number of aromatic nitrogens is 3. The molecule has 0 spiro atoms. The lowest BCUT2D eigenvalue weighted by Gasteiger charge is -2.10. The van der Waals surface area contributed by atoms with Gasteiger partial charge in [0.2, 0.25) is 5.91 Å². The Morgan fingerprint density at radius 3 is 2.53 bits per heavy atom. The summed E-state index contributed by atoms with van der Waals surface area (Å²) in [4.78, 5) is 24.7. The van der Waals surface area contributed by atoms with Crippen molar-refractivity contribution in [2.45, 2.75) is 32.1 Å². The van der Waals surface area contributed by atoms with Crippen LogP contribution in [-0.4, -0.2) is 32.3 Å². The average Bonchev–Trinajstić information content (AvgIpc) is 3.16. The third-order valence-corrected chi connectivity index (χ3v) is 6.43. The normalized spacial score (nSPS) is 10.8. The molecule has 7 nitrogen and oxygen atoms in total. The fraction of sp³-hybridized carbons (Fsp3) is 0.238. The molecule has 0 aliphatic carbocycles. The smallest absolute Gasteiger partial charge is 0.251 e. The summed E-state index contributed by atoms with van der Waals surface area (Å²) in [7, 11) is 0. The van der Waals surface area contributed by atoms with Gasteiger partial charge in [0, 0.05) is 22.8 Å². The van der Waals surface area contributed by atoms with Gasteiger partial charge < -0.3 is 15.2 Å². The highest BCUT2D eigenvalue weighted by molar-refractivity contribution is 7.99. The molecule has 1 aromatic heterocycles. The van der Waals surface area contributed by atoms with Crippen molar-refractivity contribution >= 4 is 64.1 Å². The summed E-state index contributed by atoms with van der Waals surface area (Å²) in [5, 5.41) is 15.9. The van der Waals surface area contributed by atoms with E-state index in [9.17, 15) is 9.59 Å². The van der Waals surface area contributed by atoms with E-state index in [1.807, 2.05) is 18.4 Å². The van der Waals surface area contributed by atoms with Crippen LogP contribution in [0.15, 0.2) is 41.6 Å². The molecule has 0 saturated heterocycles. The molecular formula is C21H20Cl3N5O2S. The Morgan fingerprint density at radius 1 is 1.06 bits per heavy atom. The lowest BCUT2D eigenvalue weighted by molar-refractivity contribution is -0.113. The molecule has 0 atom stereocenters. The van der Waals surface area contributed by atoms with Crippen LogP contribution in [0.1, 0.15) is 28.7 Å². The number of carbonyl (C=O) groups is 2. The molecule has 0 unspecified atom stereocenters. The fourth-order valence-corrected chi connectivity index (χ4v) is 4.20. The van der Waals surface area contributed by atoms with Gasteiger partial charge in [-0.2, -0.15) is 0 Å². The molecule has 2 N–H and O–H groups in total. The maximum atomic E-state index is 12.4. The topological polar surface area (TPSA) is 88.9 Å². The second-order valence-corrected chi connectivity index (χ2v) is 8.94. The molecule has 2 amide bonds. The number of nitrogens with one attached hydrogen (secondary N) is 2. The summed E-state index contributed by atoms with van der Waals surface area (Å²) >= 11 is 19.1. The molecule has 3 aromatic rings. The molecular weight excluding hydrogens is 493 g/mol. The fourth-order valence-electron chi connectivity index (χ4n) is 2.86. The highest BCUT2D eigenvalue weighted by atomic mass is 35.5. The van der Waals surface area contributed by atoms with E-state index in [1.165, 1.54) is 17.8 Å². The number of hydrogen-bond donors (Lipinski definition) is 2. The molecule has 0 aliphatic rings. The molecule has 2 aromatic carbocycles. The number of benzene rings is 2. The Morgan fingerprint density at radius 2 is 1.84 bits per heavy atom. The highest BCUT2D eigenvalue weighted by Crippen LogP contribution is 2.23. The predicted octanol–water partition coefficient (Wildman–Crippen LogP) is 5.23. The monoisotopic (exact) mass is 511 g/mol. The second kappa shape index (κ2) is 11.0. The van der Waals surface area contributed by atoms with E-state index in [4.69, 9.17) is 34.8 Å². The Kier molecular flexibility index (Phi) is 8.42. The van der Waals surface area contributed by atoms with E-state index in [0.717, 1.165) is 5.56 Å². The quantitative estimate of drug-likeness (QED) is 0.404. The number of hydrogen-bond acceptors (Lipinski definition) is 5. The third-order valence-electron chi connectivity index (χ3n) is 4.49. The SMILES string of the molecule is CCn1c(CNC(=O)c2ccc(Cl)c(Cl)c2)nnc1SCC(=O)Nc1ccc(Cl)cc1C. The number of halogens is 3. The van der Waals surface area contributed by atoms with Crippen LogP contribution in [0.4, 0.5) is 5.69 Å². The van der Waals surface area contributed by atoms with Crippen LogP contribution in [0.2, 0.25) is 15.1 Å². The van der Waals surface area contributed by atoms with Gasteiger partial charge in [-0.3, -0.25) is 9.59 Å². The van der Waals surface area contributed by atoms with Crippen molar-refractivity contribution in [2.24, 2.45) is 0 Å². The van der Waals surface area contributed by atoms with Gasteiger partial charge >= 0.3 is 0 Å². The van der Waals surface area contributed by atoms with Crippen molar-refractivity contribution in [3.05, 3.63) is 68.4 Å². The van der Waals surface area contributed by atoms with Crippen LogP contribution < -0.4 is 10.6 Å². The minimum atomic E-state index is -0.305. The molecule has 11 heteroatoms. The molecule has 0 fully saturated rings. The first kappa shape index (κ1) is 24.4. The molecule has 1 heterocycles. The number of nitrogens with zero attached hydrogens (tertiary/aromatic N) is 3. The van der Waals surface area contributed by atoms with E-state index >= 15 is 0 Å². The molecule has 0 saturated carbocycles. The van der Waals surface area contributed by atoms with E-state index < -0.39 is 0 Å². The van der Waals surface area contributed by atoms with Gasteiger partial charge in [0.1, 0.15) is 0 Å². The number of amides is 2. The van der Waals surface area contributed by atoms with Gasteiger partial charge in [0.15, 0.2) is 11.0 Å².